The predicted octanol–water partition coefficient (Wildman–Crippen LogP) is 6.34. The monoisotopic (exact) mass is 543 g/mol. The number of nitro benzene ring substituents is 1. The fourth-order valence-corrected chi connectivity index (χ4v) is 4.82. The van der Waals surface area contributed by atoms with E-state index in [0.717, 1.165) is 10.5 Å². The first-order valence-corrected chi connectivity index (χ1v) is 12.7. The van der Waals surface area contributed by atoms with Gasteiger partial charge in [0.2, 0.25) is 5.91 Å². The van der Waals surface area contributed by atoms with Crippen LogP contribution in [0, 0.1) is 10.1 Å². The van der Waals surface area contributed by atoms with Gasteiger partial charge in [-0.2, -0.15) is 0 Å². The lowest BCUT2D eigenvalue weighted by molar-refractivity contribution is -0.384. The van der Waals surface area contributed by atoms with Crippen LogP contribution in [0.5, 0.6) is 11.5 Å². The lowest BCUT2D eigenvalue weighted by Gasteiger charge is -2.18. The maximum absolute atomic E-state index is 13.5. The summed E-state index contributed by atoms with van der Waals surface area (Å²) in [6, 6.07) is 27.0. The van der Waals surface area contributed by atoms with Gasteiger partial charge in [-0.15, -0.1) is 11.8 Å². The highest BCUT2D eigenvalue weighted by molar-refractivity contribution is 8.00. The van der Waals surface area contributed by atoms with Gasteiger partial charge < -0.3 is 20.1 Å². The Kier molecular flexibility index (Phi) is 8.80. The van der Waals surface area contributed by atoms with Crippen LogP contribution in [-0.4, -0.2) is 31.0 Å². The summed E-state index contributed by atoms with van der Waals surface area (Å²) in [7, 11) is 3.07. The van der Waals surface area contributed by atoms with Crippen LogP contribution in [0.2, 0.25) is 0 Å². The minimum absolute atomic E-state index is 0.164. The molecule has 9 nitrogen and oxygen atoms in total. The molecule has 0 fully saturated rings. The molecule has 1 atom stereocenters. The average Bonchev–Trinajstić information content (AvgIpc) is 2.96. The maximum atomic E-state index is 13.5. The Bertz CT molecular complexity index is 1470. The fourth-order valence-electron chi connectivity index (χ4n) is 3.74. The Morgan fingerprint density at radius 1 is 0.795 bits per heavy atom. The number of non-ortho nitro benzene ring substituents is 1. The van der Waals surface area contributed by atoms with Gasteiger partial charge >= 0.3 is 0 Å². The van der Waals surface area contributed by atoms with Gasteiger partial charge in [0.25, 0.3) is 11.6 Å². The van der Waals surface area contributed by atoms with Crippen molar-refractivity contribution in [1.82, 2.24) is 0 Å². The summed E-state index contributed by atoms with van der Waals surface area (Å²) in [4.78, 5) is 37.5. The Morgan fingerprint density at radius 2 is 1.49 bits per heavy atom. The molecule has 4 aromatic rings. The zero-order chi connectivity index (χ0) is 27.8. The van der Waals surface area contributed by atoms with Crippen molar-refractivity contribution in [2.45, 2.75) is 10.1 Å². The number of amides is 2. The predicted molar refractivity (Wildman–Crippen MR) is 151 cm³/mol. The van der Waals surface area contributed by atoms with Crippen molar-refractivity contribution in [3.63, 3.8) is 0 Å². The summed E-state index contributed by atoms with van der Waals surface area (Å²) in [6.45, 7) is 0. The van der Waals surface area contributed by atoms with E-state index in [2.05, 4.69) is 10.6 Å². The zero-order valence-corrected chi connectivity index (χ0v) is 21.9. The van der Waals surface area contributed by atoms with Gasteiger partial charge in [-0.3, -0.25) is 19.7 Å². The second kappa shape index (κ2) is 12.6. The number of carbonyl (C=O) groups is 2. The van der Waals surface area contributed by atoms with Crippen LogP contribution < -0.4 is 20.1 Å². The van der Waals surface area contributed by atoms with E-state index in [1.165, 1.54) is 50.2 Å². The Balaban J connectivity index is 1.55. The van der Waals surface area contributed by atoms with Crippen LogP contribution in [0.25, 0.3) is 0 Å². The third-order valence-corrected chi connectivity index (χ3v) is 6.87. The maximum Gasteiger partial charge on any atom is 0.270 e. The number of nitro groups is 1. The number of ether oxygens (including phenoxy) is 2. The SMILES string of the molecule is COc1cc(NC(=O)C(Sc2cccc(NC(=O)c3cccc([N+](=O)[O-])c3)c2)c2ccccc2)cc(OC)c1. The molecule has 0 aromatic heterocycles. The van der Waals surface area contributed by atoms with E-state index in [1.54, 1.807) is 36.4 Å². The Labute approximate surface area is 229 Å². The summed E-state index contributed by atoms with van der Waals surface area (Å²) in [5.74, 6) is 0.347. The molecule has 4 rings (SSSR count). The van der Waals surface area contributed by atoms with Gasteiger partial charge in [-0.05, 0) is 29.8 Å². The normalized spacial score (nSPS) is 11.2. The first kappa shape index (κ1) is 27.2. The van der Waals surface area contributed by atoms with E-state index >= 15 is 0 Å². The first-order valence-electron chi connectivity index (χ1n) is 11.8. The zero-order valence-electron chi connectivity index (χ0n) is 21.1. The van der Waals surface area contributed by atoms with E-state index in [-0.39, 0.29) is 17.2 Å². The van der Waals surface area contributed by atoms with Crippen molar-refractivity contribution < 1.29 is 24.0 Å². The van der Waals surface area contributed by atoms with E-state index in [0.29, 0.717) is 22.9 Å². The highest BCUT2D eigenvalue weighted by atomic mass is 32.2. The Hall–Kier alpha value is -4.83. The molecule has 0 aliphatic rings. The topological polar surface area (TPSA) is 120 Å². The van der Waals surface area contributed by atoms with Gasteiger partial charge in [-0.25, -0.2) is 0 Å². The van der Waals surface area contributed by atoms with Crippen molar-refractivity contribution in [3.8, 4) is 11.5 Å². The number of methoxy groups -OCH3 is 2. The lowest BCUT2D eigenvalue weighted by Crippen LogP contribution is -2.19. The minimum atomic E-state index is -0.619. The third-order valence-electron chi connectivity index (χ3n) is 5.62. The molecule has 4 aromatic carbocycles. The molecule has 0 saturated heterocycles. The van der Waals surface area contributed by atoms with Gasteiger partial charge in [0.15, 0.2) is 0 Å². The largest absolute Gasteiger partial charge is 0.497 e. The van der Waals surface area contributed by atoms with Crippen LogP contribution in [0.3, 0.4) is 0 Å². The number of hydrogen-bond donors (Lipinski definition) is 2. The second-order valence-electron chi connectivity index (χ2n) is 8.29. The molecule has 2 N–H and O–H groups in total. The number of nitrogens with zero attached hydrogens (tertiary/aromatic N) is 1. The van der Waals surface area contributed by atoms with Crippen molar-refractivity contribution in [3.05, 3.63) is 118 Å². The van der Waals surface area contributed by atoms with Crippen molar-refractivity contribution in [2.75, 3.05) is 24.9 Å². The number of rotatable bonds is 10. The molecule has 0 radical (unpaired) electrons. The van der Waals surface area contributed by atoms with Crippen LogP contribution in [-0.2, 0) is 4.79 Å². The summed E-state index contributed by atoms with van der Waals surface area (Å²) >= 11 is 1.32. The molecule has 0 saturated carbocycles. The molecule has 0 heterocycles. The van der Waals surface area contributed by atoms with Crippen LogP contribution in [0.1, 0.15) is 21.2 Å². The van der Waals surface area contributed by atoms with Crippen LogP contribution in [0.15, 0.2) is 102 Å². The second-order valence-corrected chi connectivity index (χ2v) is 9.47. The third kappa shape index (κ3) is 7.14. The van der Waals surface area contributed by atoms with E-state index in [4.69, 9.17) is 9.47 Å². The van der Waals surface area contributed by atoms with Gasteiger partial charge in [0, 0.05) is 52.2 Å². The molecule has 0 bridgehead atoms. The average molecular weight is 544 g/mol. The van der Waals surface area contributed by atoms with Crippen LogP contribution >= 0.6 is 11.8 Å². The van der Waals surface area contributed by atoms with Gasteiger partial charge in [0.1, 0.15) is 16.7 Å². The number of thioether (sulfide) groups is 1. The summed E-state index contributed by atoms with van der Waals surface area (Å²) in [5, 5.41) is 16.2. The van der Waals surface area contributed by atoms with Gasteiger partial charge in [-0.1, -0.05) is 42.5 Å². The highest BCUT2D eigenvalue weighted by Crippen LogP contribution is 2.38. The molecular weight excluding hydrogens is 518 g/mol. The molecule has 10 heteroatoms. The molecule has 198 valence electrons. The van der Waals surface area contributed by atoms with E-state index in [9.17, 15) is 19.7 Å². The molecule has 1 unspecified atom stereocenters. The minimum Gasteiger partial charge on any atom is -0.497 e. The van der Waals surface area contributed by atoms with E-state index < -0.39 is 16.1 Å². The molecular formula is C29H25N3O6S. The molecule has 39 heavy (non-hydrogen) atoms. The van der Waals surface area contributed by atoms with Crippen molar-refractivity contribution in [1.29, 1.82) is 0 Å². The van der Waals surface area contributed by atoms with Crippen molar-refractivity contribution in [2.24, 2.45) is 0 Å². The molecule has 0 spiro atoms. The standard InChI is InChI=1S/C29H25N3O6S/c1-37-24-15-22(16-25(18-24)38-2)31-29(34)27(19-8-4-3-5-9-19)39-26-13-7-11-21(17-26)30-28(33)20-10-6-12-23(14-20)32(35)36/h3-18,27H,1-2H3,(H,30,33)(H,31,34). The first-order chi connectivity index (χ1) is 18.9. The number of nitrogens with one attached hydrogen (secondary N) is 2. The number of carbonyl (C=O) groups excluding carboxylic acids is 2. The molecule has 0 aliphatic carbocycles. The van der Waals surface area contributed by atoms with Crippen molar-refractivity contribution >= 4 is 40.6 Å². The van der Waals surface area contributed by atoms with Crippen LogP contribution in [0.4, 0.5) is 17.1 Å². The summed E-state index contributed by atoms with van der Waals surface area (Å²) < 4.78 is 10.6. The fraction of sp³-hybridized carbons (Fsp3) is 0.103. The smallest absolute Gasteiger partial charge is 0.270 e. The lowest BCUT2D eigenvalue weighted by atomic mass is 10.1. The molecule has 0 aliphatic heterocycles. The number of hydrogen-bond acceptors (Lipinski definition) is 7. The molecule has 2 amide bonds. The number of anilines is 2. The van der Waals surface area contributed by atoms with Gasteiger partial charge in [0.05, 0.1) is 19.1 Å². The summed E-state index contributed by atoms with van der Waals surface area (Å²) in [5.41, 5.74) is 1.80. The van der Waals surface area contributed by atoms with E-state index in [1.807, 2.05) is 36.4 Å². The number of benzene rings is 4. The Morgan fingerprint density at radius 3 is 2.15 bits per heavy atom. The highest BCUT2D eigenvalue weighted by Gasteiger charge is 2.23. The quantitative estimate of drug-likeness (QED) is 0.136. The summed E-state index contributed by atoms with van der Waals surface area (Å²) in [6.07, 6.45) is 0.